The van der Waals surface area contributed by atoms with E-state index in [4.69, 9.17) is 9.84 Å². The number of aromatic nitrogens is 1. The fourth-order valence-electron chi connectivity index (χ4n) is 1.64. The van der Waals surface area contributed by atoms with Crippen LogP contribution in [0.5, 0.6) is 0 Å². The van der Waals surface area contributed by atoms with Crippen molar-refractivity contribution in [3.05, 3.63) is 71.4 Å². The van der Waals surface area contributed by atoms with Gasteiger partial charge in [-0.1, -0.05) is 30.3 Å². The van der Waals surface area contributed by atoms with Crippen LogP contribution in [-0.2, 0) is 16.1 Å². The number of carbonyl (C=O) groups is 2. The van der Waals surface area contributed by atoms with Gasteiger partial charge in [0.1, 0.15) is 18.1 Å². The number of alkyl carbamates (subject to hydrolysis) is 1. The number of carboxylic acid groups (broad SMARTS) is 1. The lowest BCUT2D eigenvalue weighted by Crippen LogP contribution is -2.27. The Kier molecular flexibility index (Phi) is 5.40. The van der Waals surface area contributed by atoms with Gasteiger partial charge in [0.15, 0.2) is 0 Å². The first-order valence-corrected chi connectivity index (χ1v) is 6.59. The van der Waals surface area contributed by atoms with Gasteiger partial charge in [-0.15, -0.1) is 0 Å². The normalized spacial score (nSPS) is 10.9. The van der Waals surface area contributed by atoms with Crippen molar-refractivity contribution >= 4 is 18.1 Å². The quantitative estimate of drug-likeness (QED) is 0.828. The van der Waals surface area contributed by atoms with Gasteiger partial charge in [0.25, 0.3) is 0 Å². The highest BCUT2D eigenvalue weighted by Gasteiger charge is 2.13. The zero-order valence-electron chi connectivity index (χ0n) is 11.9. The Morgan fingerprint density at radius 2 is 1.96 bits per heavy atom. The predicted octanol–water partition coefficient (Wildman–Crippen LogP) is 2.57. The topological polar surface area (TPSA) is 88.5 Å². The van der Waals surface area contributed by atoms with E-state index >= 15 is 0 Å². The number of pyridine rings is 1. The Hall–Kier alpha value is -3.22. The summed E-state index contributed by atoms with van der Waals surface area (Å²) in [6.45, 7) is 0.00830. The fraction of sp³-hybridized carbons (Fsp3) is 0.0625. The second-order valence-electron chi connectivity index (χ2n) is 4.45. The van der Waals surface area contributed by atoms with Gasteiger partial charge in [-0.25, -0.2) is 14.0 Å². The third-order valence-corrected chi connectivity index (χ3v) is 2.72. The minimum atomic E-state index is -1.37. The summed E-state index contributed by atoms with van der Waals surface area (Å²) in [6.07, 6.45) is 1.13. The molecule has 0 radical (unpaired) electrons. The van der Waals surface area contributed by atoms with E-state index in [-0.39, 0.29) is 12.3 Å². The Morgan fingerprint density at radius 1 is 1.22 bits per heavy atom. The molecule has 0 bridgehead atoms. The van der Waals surface area contributed by atoms with Gasteiger partial charge in [0.05, 0.1) is 11.9 Å². The fourth-order valence-corrected chi connectivity index (χ4v) is 1.64. The predicted molar refractivity (Wildman–Crippen MR) is 79.6 cm³/mol. The van der Waals surface area contributed by atoms with E-state index in [0.717, 1.165) is 23.9 Å². The summed E-state index contributed by atoms with van der Waals surface area (Å²) in [6, 6.07) is 11.4. The van der Waals surface area contributed by atoms with Crippen LogP contribution >= 0.6 is 0 Å². The molecule has 0 aliphatic rings. The zero-order valence-corrected chi connectivity index (χ0v) is 11.9. The van der Waals surface area contributed by atoms with Gasteiger partial charge in [0, 0.05) is 0 Å². The summed E-state index contributed by atoms with van der Waals surface area (Å²) in [4.78, 5) is 26.5. The van der Waals surface area contributed by atoms with Gasteiger partial charge >= 0.3 is 12.1 Å². The number of carboxylic acids is 1. The van der Waals surface area contributed by atoms with Crippen LogP contribution in [0.15, 0.2) is 54.4 Å². The van der Waals surface area contributed by atoms with Crippen molar-refractivity contribution in [3.63, 3.8) is 0 Å². The molecule has 1 amide bonds. The van der Waals surface area contributed by atoms with Gasteiger partial charge < -0.3 is 9.84 Å². The van der Waals surface area contributed by atoms with E-state index in [2.05, 4.69) is 10.3 Å². The van der Waals surface area contributed by atoms with Crippen LogP contribution < -0.4 is 5.32 Å². The second kappa shape index (κ2) is 7.69. The zero-order chi connectivity index (χ0) is 16.7. The first-order chi connectivity index (χ1) is 11.0. The van der Waals surface area contributed by atoms with Crippen molar-refractivity contribution in [1.29, 1.82) is 0 Å². The lowest BCUT2D eigenvalue weighted by Gasteiger charge is -2.07. The number of benzene rings is 1. The molecule has 0 aliphatic carbocycles. The van der Waals surface area contributed by atoms with Crippen LogP contribution in [0.3, 0.4) is 0 Å². The molecule has 0 fully saturated rings. The molecule has 0 unspecified atom stereocenters. The molecular formula is C16H13FN2O4. The molecule has 23 heavy (non-hydrogen) atoms. The summed E-state index contributed by atoms with van der Waals surface area (Å²) in [7, 11) is 0. The van der Waals surface area contributed by atoms with Crippen LogP contribution in [0.25, 0.3) is 6.08 Å². The van der Waals surface area contributed by atoms with E-state index in [1.54, 1.807) is 24.3 Å². The molecule has 1 aromatic carbocycles. The monoisotopic (exact) mass is 316 g/mol. The molecule has 0 saturated heterocycles. The van der Waals surface area contributed by atoms with Crippen molar-refractivity contribution in [1.82, 2.24) is 10.3 Å². The molecule has 0 saturated carbocycles. The van der Waals surface area contributed by atoms with Gasteiger partial charge in [-0.3, -0.25) is 10.3 Å². The summed E-state index contributed by atoms with van der Waals surface area (Å²) in [5.41, 5.74) is 0.526. The molecule has 7 heteroatoms. The average Bonchev–Trinajstić information content (AvgIpc) is 2.55. The Labute approximate surface area is 131 Å². The summed E-state index contributed by atoms with van der Waals surface area (Å²) in [5, 5.41) is 11.2. The maximum atomic E-state index is 12.8. The number of aliphatic carboxylic acids is 1. The highest BCUT2D eigenvalue weighted by molar-refractivity contribution is 5.95. The van der Waals surface area contributed by atoms with Crippen LogP contribution in [0.2, 0.25) is 0 Å². The van der Waals surface area contributed by atoms with Gasteiger partial charge in [0.2, 0.25) is 0 Å². The molecular weight excluding hydrogens is 303 g/mol. The molecule has 2 aromatic rings. The standard InChI is InChI=1S/C16H13FN2O4/c17-12-6-7-13(18-9-12)8-14(15(20)21)19-16(22)23-10-11-4-2-1-3-5-11/h1-9H,10H2,(H,19,22)(H,20,21). The van der Waals surface area contributed by atoms with Crippen molar-refractivity contribution < 1.29 is 23.8 Å². The highest BCUT2D eigenvalue weighted by Crippen LogP contribution is 2.05. The van der Waals surface area contributed by atoms with Crippen molar-refractivity contribution in [3.8, 4) is 0 Å². The molecule has 2 N–H and O–H groups in total. The highest BCUT2D eigenvalue weighted by atomic mass is 19.1. The lowest BCUT2D eigenvalue weighted by atomic mass is 10.2. The molecule has 0 spiro atoms. The molecule has 118 valence electrons. The number of carbonyl (C=O) groups excluding carboxylic acids is 1. The largest absolute Gasteiger partial charge is 0.477 e. The number of rotatable bonds is 5. The number of nitrogens with one attached hydrogen (secondary N) is 1. The molecule has 0 aliphatic heterocycles. The van der Waals surface area contributed by atoms with E-state index in [1.807, 2.05) is 6.07 Å². The first-order valence-electron chi connectivity index (χ1n) is 6.59. The van der Waals surface area contributed by atoms with Crippen LogP contribution in [0.1, 0.15) is 11.3 Å². The number of hydrogen-bond donors (Lipinski definition) is 2. The summed E-state index contributed by atoms with van der Waals surface area (Å²) < 4.78 is 17.7. The number of amides is 1. The van der Waals surface area contributed by atoms with Crippen LogP contribution in [0, 0.1) is 5.82 Å². The average molecular weight is 316 g/mol. The lowest BCUT2D eigenvalue weighted by molar-refractivity contribution is -0.132. The van der Waals surface area contributed by atoms with Crippen LogP contribution in [-0.4, -0.2) is 22.2 Å². The molecule has 2 rings (SSSR count). The van der Waals surface area contributed by atoms with E-state index in [9.17, 15) is 14.0 Å². The summed E-state index contributed by atoms with van der Waals surface area (Å²) in [5.74, 6) is -1.91. The number of hydrogen-bond acceptors (Lipinski definition) is 4. The molecule has 1 heterocycles. The van der Waals surface area contributed by atoms with Crippen LogP contribution in [0.4, 0.5) is 9.18 Å². The maximum Gasteiger partial charge on any atom is 0.412 e. The minimum absolute atomic E-state index is 0.00830. The minimum Gasteiger partial charge on any atom is -0.477 e. The number of halogens is 1. The van der Waals surface area contributed by atoms with Crippen molar-refractivity contribution in [2.24, 2.45) is 0 Å². The third-order valence-electron chi connectivity index (χ3n) is 2.72. The third kappa shape index (κ3) is 5.24. The molecule has 6 nitrogen and oxygen atoms in total. The smallest absolute Gasteiger partial charge is 0.412 e. The second-order valence-corrected chi connectivity index (χ2v) is 4.45. The molecule has 0 atom stereocenters. The Bertz CT molecular complexity index is 715. The Balaban J connectivity index is 2.00. The van der Waals surface area contributed by atoms with Crippen molar-refractivity contribution in [2.75, 3.05) is 0 Å². The Morgan fingerprint density at radius 3 is 2.57 bits per heavy atom. The van der Waals surface area contributed by atoms with E-state index in [0.29, 0.717) is 0 Å². The number of ether oxygens (including phenoxy) is 1. The van der Waals surface area contributed by atoms with Gasteiger partial charge in [-0.05, 0) is 23.8 Å². The van der Waals surface area contributed by atoms with Gasteiger partial charge in [-0.2, -0.15) is 0 Å². The van der Waals surface area contributed by atoms with Crippen molar-refractivity contribution in [2.45, 2.75) is 6.61 Å². The first kappa shape index (κ1) is 16.2. The maximum absolute atomic E-state index is 12.8. The summed E-state index contributed by atoms with van der Waals surface area (Å²) >= 11 is 0. The molecule has 1 aromatic heterocycles. The number of nitrogens with zero attached hydrogens (tertiary/aromatic N) is 1. The van der Waals surface area contributed by atoms with E-state index < -0.39 is 23.6 Å². The SMILES string of the molecule is O=C(NC(=Cc1ccc(F)cn1)C(=O)O)OCc1ccccc1. The van der Waals surface area contributed by atoms with E-state index in [1.165, 1.54) is 6.07 Å².